The maximum Gasteiger partial charge on any atom is 0.331 e. The van der Waals surface area contributed by atoms with E-state index in [1.807, 2.05) is 6.07 Å². The number of cyclic esters (lactones) is 2. The number of ether oxygens (including phenoxy) is 4. The number of hydrogen-bond acceptors (Lipinski definition) is 8. The molecule has 0 bridgehead atoms. The Morgan fingerprint density at radius 1 is 0.896 bits per heavy atom. The molecule has 9 heteroatoms. The average Bonchev–Trinajstić information content (AvgIpc) is 3.06. The zero-order valence-corrected chi connectivity index (χ0v) is 29.1. The number of amidine groups is 1. The molecule has 0 atom stereocenters. The molecule has 256 valence electrons. The van der Waals surface area contributed by atoms with Gasteiger partial charge >= 0.3 is 11.9 Å². The Balaban J connectivity index is 1.51. The number of nitrogens with zero attached hydrogens (tertiary/aromatic N) is 3. The van der Waals surface area contributed by atoms with Gasteiger partial charge in [0.05, 0.1) is 14.2 Å². The van der Waals surface area contributed by atoms with Gasteiger partial charge in [-0.25, -0.2) is 4.99 Å². The summed E-state index contributed by atoms with van der Waals surface area (Å²) >= 11 is 0. The van der Waals surface area contributed by atoms with Gasteiger partial charge in [0, 0.05) is 52.1 Å². The highest BCUT2D eigenvalue weighted by Gasteiger charge is 2.48. The first-order chi connectivity index (χ1) is 23.0. The summed E-state index contributed by atoms with van der Waals surface area (Å²) in [7, 11) is 3.14. The first kappa shape index (κ1) is 35.0. The van der Waals surface area contributed by atoms with Gasteiger partial charge < -0.3 is 28.7 Å². The average molecular weight is 656 g/mol. The zero-order chi connectivity index (χ0) is 34.3. The molecule has 0 amide bonds. The number of likely N-dealkylation sites (tertiary alicyclic amines) is 1. The first-order valence-electron chi connectivity index (χ1n) is 16.9. The van der Waals surface area contributed by atoms with Gasteiger partial charge in [-0.2, -0.15) is 0 Å². The van der Waals surface area contributed by atoms with E-state index in [4.69, 9.17) is 23.9 Å². The van der Waals surface area contributed by atoms with Crippen LogP contribution in [0.5, 0.6) is 11.5 Å². The minimum atomic E-state index is -1.37. The van der Waals surface area contributed by atoms with Crippen LogP contribution in [0.15, 0.2) is 77.8 Å². The normalized spacial score (nSPS) is 17.6. The quantitative estimate of drug-likeness (QED) is 0.0935. The molecule has 2 aliphatic heterocycles. The molecule has 0 radical (unpaired) electrons. The Morgan fingerprint density at radius 2 is 1.54 bits per heavy atom. The zero-order valence-electron chi connectivity index (χ0n) is 29.1. The minimum Gasteiger partial charge on any atom is -0.497 e. The van der Waals surface area contributed by atoms with Gasteiger partial charge in [-0.15, -0.1) is 0 Å². The van der Waals surface area contributed by atoms with Crippen molar-refractivity contribution >= 4 is 23.5 Å². The highest BCUT2D eigenvalue weighted by Crippen LogP contribution is 2.35. The smallest absolute Gasteiger partial charge is 0.331 e. The summed E-state index contributed by atoms with van der Waals surface area (Å²) in [5, 5.41) is 0. The second-order valence-corrected chi connectivity index (χ2v) is 13.5. The van der Waals surface area contributed by atoms with E-state index in [-0.39, 0.29) is 11.9 Å². The number of carbonyl (C=O) groups excluding carboxylic acids is 2. The lowest BCUT2D eigenvalue weighted by atomic mass is 9.97. The van der Waals surface area contributed by atoms with Crippen LogP contribution in [0, 0.1) is 11.8 Å². The molecule has 0 saturated carbocycles. The minimum absolute atomic E-state index is 0.00634. The topological polar surface area (TPSA) is 89.9 Å². The second kappa shape index (κ2) is 15.7. The van der Waals surface area contributed by atoms with Crippen molar-refractivity contribution in [3.63, 3.8) is 0 Å². The van der Waals surface area contributed by atoms with E-state index in [1.165, 1.54) is 11.1 Å². The summed E-state index contributed by atoms with van der Waals surface area (Å²) < 4.78 is 22.4. The summed E-state index contributed by atoms with van der Waals surface area (Å²) in [5.41, 5.74) is 4.12. The lowest BCUT2D eigenvalue weighted by molar-refractivity contribution is -0.236. The lowest BCUT2D eigenvalue weighted by Gasteiger charge is -2.42. The lowest BCUT2D eigenvalue weighted by Crippen LogP contribution is -2.55. The molecule has 2 aliphatic rings. The number of carbonyl (C=O) groups is 2. The van der Waals surface area contributed by atoms with E-state index < -0.39 is 23.6 Å². The number of rotatable bonds is 12. The number of esters is 2. The van der Waals surface area contributed by atoms with Crippen LogP contribution in [-0.4, -0.2) is 73.3 Å². The van der Waals surface area contributed by atoms with E-state index in [9.17, 15) is 9.59 Å². The predicted molar refractivity (Wildman–Crippen MR) is 187 cm³/mol. The Morgan fingerprint density at radius 3 is 2.15 bits per heavy atom. The van der Waals surface area contributed by atoms with Crippen LogP contribution in [-0.2, 0) is 38.4 Å². The molecular weight excluding hydrogens is 606 g/mol. The molecule has 2 fully saturated rings. The van der Waals surface area contributed by atoms with Gasteiger partial charge in [-0.1, -0.05) is 68.4 Å². The molecule has 3 aromatic rings. The Hall–Kier alpha value is -4.37. The molecule has 0 spiro atoms. The van der Waals surface area contributed by atoms with Gasteiger partial charge in [0.15, 0.2) is 0 Å². The van der Waals surface area contributed by atoms with Gasteiger partial charge in [0.2, 0.25) is 5.92 Å². The van der Waals surface area contributed by atoms with Gasteiger partial charge in [-0.05, 0) is 60.4 Å². The number of aliphatic imine (C=N–C) groups is 1. The van der Waals surface area contributed by atoms with Crippen LogP contribution in [0.2, 0.25) is 0 Å². The van der Waals surface area contributed by atoms with E-state index in [0.29, 0.717) is 29.6 Å². The third-order valence-corrected chi connectivity index (χ3v) is 8.92. The molecule has 0 N–H and O–H groups in total. The summed E-state index contributed by atoms with van der Waals surface area (Å²) in [4.78, 5) is 37.0. The molecular formula is C39H49N3O6. The fourth-order valence-electron chi connectivity index (χ4n) is 6.46. The van der Waals surface area contributed by atoms with Crippen molar-refractivity contribution in [2.45, 2.75) is 71.8 Å². The molecule has 3 aromatic carbocycles. The van der Waals surface area contributed by atoms with Crippen molar-refractivity contribution in [3.8, 4) is 11.5 Å². The molecule has 5 rings (SSSR count). The molecule has 0 unspecified atom stereocenters. The molecule has 2 heterocycles. The highest BCUT2D eigenvalue weighted by atomic mass is 16.7. The van der Waals surface area contributed by atoms with Gasteiger partial charge in [0.25, 0.3) is 5.79 Å². The third kappa shape index (κ3) is 8.95. The van der Waals surface area contributed by atoms with E-state index in [1.54, 1.807) is 46.3 Å². The van der Waals surface area contributed by atoms with E-state index in [2.05, 4.69) is 72.2 Å². The largest absolute Gasteiger partial charge is 0.497 e. The standard InChI is InChI=1S/C39H49N3O6/c1-27(2)24-29-12-14-30(15-13-29)26-42(31-19-22-41(23-20-31)21-18-28-10-8-7-9-11-28)36(35-37(43)47-39(3,4)48-38(35)44)40-33-17-16-32(45-5)25-34(33)46-6/h7-17,25,27,31,35H,18-24,26H2,1-6H3. The predicted octanol–water partition coefficient (Wildman–Crippen LogP) is 6.59. The van der Waals surface area contributed by atoms with Crippen LogP contribution >= 0.6 is 0 Å². The first-order valence-corrected chi connectivity index (χ1v) is 16.9. The van der Waals surface area contributed by atoms with Crippen LogP contribution in [0.4, 0.5) is 5.69 Å². The summed E-state index contributed by atoms with van der Waals surface area (Å²) in [5.74, 6) is -2.19. The summed E-state index contributed by atoms with van der Waals surface area (Å²) in [6, 6.07) is 24.4. The fraction of sp³-hybridized carbons (Fsp3) is 0.462. The van der Waals surface area contributed by atoms with Crippen LogP contribution in [0.25, 0.3) is 0 Å². The van der Waals surface area contributed by atoms with Crippen molar-refractivity contribution in [2.24, 2.45) is 16.8 Å². The molecule has 48 heavy (non-hydrogen) atoms. The van der Waals surface area contributed by atoms with Crippen molar-refractivity contribution in [2.75, 3.05) is 33.9 Å². The molecule has 0 aromatic heterocycles. The SMILES string of the molecule is COc1ccc(N=C(C2C(=O)OC(C)(C)OC2=O)N(Cc2ccc(CC(C)C)cc2)C2CCN(CCc3ccccc3)CC2)c(OC)c1. The maximum absolute atomic E-state index is 13.7. The van der Waals surface area contributed by atoms with Crippen LogP contribution < -0.4 is 9.47 Å². The van der Waals surface area contributed by atoms with Gasteiger partial charge in [-0.3, -0.25) is 9.59 Å². The van der Waals surface area contributed by atoms with Crippen molar-refractivity contribution in [1.82, 2.24) is 9.80 Å². The number of benzene rings is 3. The second-order valence-electron chi connectivity index (χ2n) is 13.5. The Labute approximate surface area is 284 Å². The molecule has 9 nitrogen and oxygen atoms in total. The highest BCUT2D eigenvalue weighted by molar-refractivity contribution is 6.17. The van der Waals surface area contributed by atoms with Crippen molar-refractivity contribution < 1.29 is 28.5 Å². The van der Waals surface area contributed by atoms with E-state index >= 15 is 0 Å². The molecule has 0 aliphatic carbocycles. The van der Waals surface area contributed by atoms with Gasteiger partial charge in [0.1, 0.15) is 23.0 Å². The van der Waals surface area contributed by atoms with Crippen molar-refractivity contribution in [1.29, 1.82) is 0 Å². The summed E-state index contributed by atoms with van der Waals surface area (Å²) in [6.07, 6.45) is 3.64. The maximum atomic E-state index is 13.7. The third-order valence-electron chi connectivity index (χ3n) is 8.92. The Kier molecular flexibility index (Phi) is 11.4. The number of piperidine rings is 1. The summed E-state index contributed by atoms with van der Waals surface area (Å²) in [6.45, 7) is 10.7. The number of hydrogen-bond donors (Lipinski definition) is 0. The molecule has 2 saturated heterocycles. The Bertz CT molecular complexity index is 1540. The number of methoxy groups -OCH3 is 2. The van der Waals surface area contributed by atoms with E-state index in [0.717, 1.165) is 50.9 Å². The fourth-order valence-corrected chi connectivity index (χ4v) is 6.46. The van der Waals surface area contributed by atoms with Crippen molar-refractivity contribution in [3.05, 3.63) is 89.5 Å². The van der Waals surface area contributed by atoms with Crippen LogP contribution in [0.1, 0.15) is 57.2 Å². The monoisotopic (exact) mass is 655 g/mol. The van der Waals surface area contributed by atoms with Crippen LogP contribution in [0.3, 0.4) is 0 Å².